The van der Waals surface area contributed by atoms with E-state index in [1.54, 1.807) is 24.3 Å². The molecule has 1 atom stereocenters. The Morgan fingerprint density at radius 1 is 1.17 bits per heavy atom. The maximum Gasteiger partial charge on any atom is 0.261 e. The Labute approximate surface area is 186 Å². The lowest BCUT2D eigenvalue weighted by Crippen LogP contribution is -2.44. The third-order valence-corrected chi connectivity index (χ3v) is 6.99. The Bertz CT molecular complexity index is 990. The van der Waals surface area contributed by atoms with Gasteiger partial charge >= 0.3 is 0 Å². The van der Waals surface area contributed by atoms with Crippen molar-refractivity contribution in [1.82, 2.24) is 10.6 Å². The minimum atomic E-state index is -3.76. The van der Waals surface area contributed by atoms with Crippen LogP contribution in [0.2, 0.25) is 0 Å². The molecule has 0 radical (unpaired) electrons. The fraction of sp³-hybridized carbons (Fsp3) is 0.381. The van der Waals surface area contributed by atoms with E-state index < -0.39 is 10.0 Å². The molecule has 0 unspecified atom stereocenters. The van der Waals surface area contributed by atoms with E-state index in [9.17, 15) is 13.2 Å². The van der Waals surface area contributed by atoms with Gasteiger partial charge in [-0.15, -0.1) is 0 Å². The molecule has 162 valence electrons. The van der Waals surface area contributed by atoms with Crippen LogP contribution in [0, 0.1) is 0 Å². The largest absolute Gasteiger partial charge is 0.368 e. The fourth-order valence-electron chi connectivity index (χ4n) is 3.19. The molecule has 1 amide bonds. The van der Waals surface area contributed by atoms with Gasteiger partial charge in [0.05, 0.1) is 10.5 Å². The van der Waals surface area contributed by atoms with E-state index in [4.69, 9.17) is 0 Å². The van der Waals surface area contributed by atoms with E-state index in [0.717, 1.165) is 42.8 Å². The minimum Gasteiger partial charge on any atom is -0.368 e. The highest BCUT2D eigenvalue weighted by molar-refractivity contribution is 9.10. The summed E-state index contributed by atoms with van der Waals surface area (Å²) in [6, 6.07) is 11.6. The van der Waals surface area contributed by atoms with E-state index in [0.29, 0.717) is 11.3 Å². The maximum atomic E-state index is 13.0. The minimum absolute atomic E-state index is 0.0245. The van der Waals surface area contributed by atoms with Crippen LogP contribution in [-0.2, 0) is 10.0 Å². The van der Waals surface area contributed by atoms with Gasteiger partial charge in [0, 0.05) is 48.1 Å². The van der Waals surface area contributed by atoms with E-state index in [1.165, 1.54) is 12.1 Å². The van der Waals surface area contributed by atoms with Crippen LogP contribution in [0.1, 0.15) is 30.6 Å². The summed E-state index contributed by atoms with van der Waals surface area (Å²) in [4.78, 5) is 15.3. The zero-order valence-electron chi connectivity index (χ0n) is 17.1. The first-order chi connectivity index (χ1) is 14.3. The van der Waals surface area contributed by atoms with Gasteiger partial charge < -0.3 is 15.5 Å². The number of nitrogens with one attached hydrogen (secondary N) is 3. The lowest BCUT2D eigenvalue weighted by Gasteiger charge is -2.31. The second-order valence-corrected chi connectivity index (χ2v) is 9.91. The number of rotatable bonds is 7. The zero-order chi connectivity index (χ0) is 21.7. The molecule has 9 heteroatoms. The van der Waals surface area contributed by atoms with Crippen molar-refractivity contribution < 1.29 is 13.2 Å². The third kappa shape index (κ3) is 5.53. The average Bonchev–Trinajstić information content (AvgIpc) is 2.74. The highest BCUT2D eigenvalue weighted by atomic mass is 79.9. The summed E-state index contributed by atoms with van der Waals surface area (Å²) < 4.78 is 28.9. The van der Waals surface area contributed by atoms with E-state index in [1.807, 2.05) is 19.9 Å². The Morgan fingerprint density at radius 3 is 2.47 bits per heavy atom. The predicted octanol–water partition coefficient (Wildman–Crippen LogP) is 3.19. The van der Waals surface area contributed by atoms with Gasteiger partial charge in [0.2, 0.25) is 0 Å². The van der Waals surface area contributed by atoms with Crippen LogP contribution in [0.15, 0.2) is 51.8 Å². The van der Waals surface area contributed by atoms with Crippen LogP contribution in [0.3, 0.4) is 0 Å². The molecule has 30 heavy (non-hydrogen) atoms. The standard InChI is InChI=1S/C21H27BrN4O3S/c1-3-15(2)24-21(27)19-14-17(6-9-20(19)26-12-10-23-11-13-26)25-30(28,29)18-7-4-16(22)5-8-18/h4-9,14-15,23,25H,3,10-13H2,1-2H3,(H,24,27)/t15-/m1/s1. The van der Waals surface area contributed by atoms with Crippen molar-refractivity contribution >= 4 is 43.2 Å². The van der Waals surface area contributed by atoms with E-state index >= 15 is 0 Å². The number of hydrogen-bond acceptors (Lipinski definition) is 5. The Morgan fingerprint density at radius 2 is 1.83 bits per heavy atom. The first-order valence-corrected chi connectivity index (χ1v) is 12.3. The molecule has 7 nitrogen and oxygen atoms in total. The molecule has 0 aromatic heterocycles. The molecule has 2 aromatic rings. The number of amides is 1. The number of piperazine rings is 1. The van der Waals surface area contributed by atoms with Gasteiger partial charge in [0.15, 0.2) is 0 Å². The quantitative estimate of drug-likeness (QED) is 0.549. The smallest absolute Gasteiger partial charge is 0.261 e. The van der Waals surface area contributed by atoms with E-state index in [-0.39, 0.29) is 16.8 Å². The Hall–Kier alpha value is -2.10. The second kappa shape index (κ2) is 9.80. The van der Waals surface area contributed by atoms with Crippen molar-refractivity contribution in [3.8, 4) is 0 Å². The molecular weight excluding hydrogens is 468 g/mol. The molecule has 3 N–H and O–H groups in total. The lowest BCUT2D eigenvalue weighted by atomic mass is 10.1. The molecule has 0 aliphatic carbocycles. The van der Waals surface area contributed by atoms with Crippen LogP contribution < -0.4 is 20.3 Å². The van der Waals surface area contributed by atoms with Gasteiger partial charge in [0.25, 0.3) is 15.9 Å². The number of halogens is 1. The number of sulfonamides is 1. The summed E-state index contributed by atoms with van der Waals surface area (Å²) in [7, 11) is -3.76. The number of anilines is 2. The van der Waals surface area contributed by atoms with Gasteiger partial charge in [0.1, 0.15) is 0 Å². The number of carbonyl (C=O) groups is 1. The average molecular weight is 495 g/mol. The Balaban J connectivity index is 1.92. The summed E-state index contributed by atoms with van der Waals surface area (Å²) in [5.41, 5.74) is 1.63. The van der Waals surface area contributed by atoms with Crippen molar-refractivity contribution in [3.05, 3.63) is 52.5 Å². The van der Waals surface area contributed by atoms with Crippen molar-refractivity contribution in [2.45, 2.75) is 31.2 Å². The number of benzene rings is 2. The zero-order valence-corrected chi connectivity index (χ0v) is 19.5. The van der Waals surface area contributed by atoms with Crippen molar-refractivity contribution in [2.75, 3.05) is 35.8 Å². The van der Waals surface area contributed by atoms with E-state index in [2.05, 4.69) is 36.2 Å². The van der Waals surface area contributed by atoms with Crippen LogP contribution in [0.4, 0.5) is 11.4 Å². The van der Waals surface area contributed by atoms with Gasteiger partial charge in [-0.3, -0.25) is 9.52 Å². The van der Waals surface area contributed by atoms with Crippen LogP contribution in [-0.4, -0.2) is 46.5 Å². The molecule has 0 bridgehead atoms. The van der Waals surface area contributed by atoms with Crippen LogP contribution in [0.25, 0.3) is 0 Å². The molecule has 1 aliphatic rings. The second-order valence-electron chi connectivity index (χ2n) is 7.31. The van der Waals surface area contributed by atoms with Crippen molar-refractivity contribution in [1.29, 1.82) is 0 Å². The molecule has 0 spiro atoms. The van der Waals surface area contributed by atoms with Crippen molar-refractivity contribution in [3.63, 3.8) is 0 Å². The van der Waals surface area contributed by atoms with Crippen LogP contribution in [0.5, 0.6) is 0 Å². The number of nitrogens with zero attached hydrogens (tertiary/aromatic N) is 1. The first kappa shape index (κ1) is 22.6. The van der Waals surface area contributed by atoms with Gasteiger partial charge in [-0.25, -0.2) is 8.42 Å². The molecule has 1 heterocycles. The molecular formula is C21H27BrN4O3S. The maximum absolute atomic E-state index is 13.0. The summed E-state index contributed by atoms with van der Waals surface area (Å²) in [5, 5.41) is 6.29. The Kier molecular flexibility index (Phi) is 7.38. The molecule has 2 aromatic carbocycles. The highest BCUT2D eigenvalue weighted by Crippen LogP contribution is 2.27. The molecule has 1 saturated heterocycles. The normalized spacial score (nSPS) is 15.5. The summed E-state index contributed by atoms with van der Waals surface area (Å²) >= 11 is 3.31. The van der Waals surface area contributed by atoms with Gasteiger partial charge in [-0.1, -0.05) is 22.9 Å². The third-order valence-electron chi connectivity index (χ3n) is 5.06. The molecule has 1 fully saturated rings. The van der Waals surface area contributed by atoms with Crippen LogP contribution >= 0.6 is 15.9 Å². The molecule has 0 saturated carbocycles. The SMILES string of the molecule is CC[C@@H](C)NC(=O)c1cc(NS(=O)(=O)c2ccc(Br)cc2)ccc1N1CCNCC1. The lowest BCUT2D eigenvalue weighted by molar-refractivity contribution is 0.0939. The van der Waals surface area contributed by atoms with Crippen molar-refractivity contribution in [2.24, 2.45) is 0 Å². The van der Waals surface area contributed by atoms with Gasteiger partial charge in [-0.2, -0.15) is 0 Å². The fourth-order valence-corrected chi connectivity index (χ4v) is 4.51. The number of hydrogen-bond donors (Lipinski definition) is 3. The van der Waals surface area contributed by atoms with Gasteiger partial charge in [-0.05, 0) is 55.8 Å². The first-order valence-electron chi connectivity index (χ1n) is 9.99. The monoisotopic (exact) mass is 494 g/mol. The number of carbonyl (C=O) groups excluding carboxylic acids is 1. The summed E-state index contributed by atoms with van der Waals surface area (Å²) in [6.07, 6.45) is 0.810. The molecule has 1 aliphatic heterocycles. The predicted molar refractivity (Wildman–Crippen MR) is 124 cm³/mol. The summed E-state index contributed by atoms with van der Waals surface area (Å²) in [5.74, 6) is -0.206. The molecule has 3 rings (SSSR count). The highest BCUT2D eigenvalue weighted by Gasteiger charge is 2.21. The summed E-state index contributed by atoms with van der Waals surface area (Å²) in [6.45, 7) is 7.20. The topological polar surface area (TPSA) is 90.5 Å².